The molecule has 0 bridgehead atoms. The second kappa shape index (κ2) is 14.7. The number of hydrogen-bond donors (Lipinski definition) is 4. The summed E-state index contributed by atoms with van der Waals surface area (Å²) < 4.78 is 0. The molecule has 0 heterocycles. The lowest BCUT2D eigenvalue weighted by Gasteiger charge is -2.14. The zero-order valence-corrected chi connectivity index (χ0v) is 24.8. The van der Waals surface area contributed by atoms with E-state index >= 15 is 0 Å². The van der Waals surface area contributed by atoms with Crippen molar-refractivity contribution in [3.05, 3.63) is 126 Å². The fourth-order valence-electron chi connectivity index (χ4n) is 4.03. The fraction of sp³-hybridized carbons (Fsp3) is 0.118. The Morgan fingerprint density at radius 1 is 0.721 bits per heavy atom. The van der Waals surface area contributed by atoms with Crippen LogP contribution in [0.3, 0.4) is 0 Å². The number of anilines is 3. The molecule has 0 aliphatic carbocycles. The van der Waals surface area contributed by atoms with Gasteiger partial charge in [-0.3, -0.25) is 19.2 Å². The summed E-state index contributed by atoms with van der Waals surface area (Å²) >= 11 is 1.34. The van der Waals surface area contributed by atoms with Crippen LogP contribution < -0.4 is 21.3 Å². The Labute approximate surface area is 255 Å². The summed E-state index contributed by atoms with van der Waals surface area (Å²) in [6.45, 7) is 5.15. The smallest absolute Gasteiger partial charge is 0.272 e. The van der Waals surface area contributed by atoms with E-state index in [4.69, 9.17) is 0 Å². The number of thioether (sulfide) groups is 1. The maximum Gasteiger partial charge on any atom is 0.272 e. The molecule has 8 nitrogen and oxygen atoms in total. The molecule has 0 aromatic heterocycles. The summed E-state index contributed by atoms with van der Waals surface area (Å²) in [5.74, 6) is -1.25. The number of aryl methyl sites for hydroxylation is 1. The lowest BCUT2D eigenvalue weighted by molar-refractivity contribution is -0.115. The second-order valence-electron chi connectivity index (χ2n) is 9.72. The molecule has 4 amide bonds. The minimum atomic E-state index is -0.483. The van der Waals surface area contributed by atoms with E-state index in [1.807, 2.05) is 43.3 Å². The predicted octanol–water partition coefficient (Wildman–Crippen LogP) is 6.48. The van der Waals surface area contributed by atoms with Gasteiger partial charge in [0.25, 0.3) is 11.8 Å². The number of nitrogens with one attached hydrogen (secondary N) is 4. The van der Waals surface area contributed by atoms with Gasteiger partial charge in [0.1, 0.15) is 5.70 Å². The first-order chi connectivity index (χ1) is 20.7. The second-order valence-corrected chi connectivity index (χ2v) is 11.1. The van der Waals surface area contributed by atoms with Crippen LogP contribution in [-0.4, -0.2) is 28.9 Å². The van der Waals surface area contributed by atoms with Gasteiger partial charge in [-0.15, -0.1) is 11.8 Å². The van der Waals surface area contributed by atoms with Crippen LogP contribution in [0.2, 0.25) is 0 Å². The summed E-state index contributed by atoms with van der Waals surface area (Å²) in [5.41, 5.74) is 4.05. The average molecular weight is 593 g/mol. The van der Waals surface area contributed by atoms with Crippen molar-refractivity contribution in [2.75, 3.05) is 16.0 Å². The summed E-state index contributed by atoms with van der Waals surface area (Å²) in [6.07, 6.45) is 1.65. The van der Waals surface area contributed by atoms with Crippen molar-refractivity contribution < 1.29 is 19.2 Å². The molecule has 0 saturated carbocycles. The van der Waals surface area contributed by atoms with Gasteiger partial charge < -0.3 is 21.3 Å². The molecule has 0 radical (unpaired) electrons. The van der Waals surface area contributed by atoms with Gasteiger partial charge in [-0.2, -0.15) is 0 Å². The van der Waals surface area contributed by atoms with E-state index in [1.54, 1.807) is 79.7 Å². The summed E-state index contributed by atoms with van der Waals surface area (Å²) in [6, 6.07) is 30.3. The van der Waals surface area contributed by atoms with Gasteiger partial charge >= 0.3 is 0 Å². The fourth-order valence-corrected chi connectivity index (χ4v) is 4.96. The maximum atomic E-state index is 13.4. The van der Waals surface area contributed by atoms with Crippen LogP contribution in [0.15, 0.2) is 114 Å². The lowest BCUT2D eigenvalue weighted by atomic mass is 10.1. The van der Waals surface area contributed by atoms with Crippen LogP contribution in [0.25, 0.3) is 6.08 Å². The zero-order chi connectivity index (χ0) is 30.8. The van der Waals surface area contributed by atoms with E-state index in [0.29, 0.717) is 22.6 Å². The van der Waals surface area contributed by atoms with Crippen LogP contribution in [0.4, 0.5) is 17.1 Å². The van der Waals surface area contributed by atoms with Gasteiger partial charge in [0.05, 0.1) is 5.25 Å². The van der Waals surface area contributed by atoms with E-state index in [-0.39, 0.29) is 17.5 Å². The molecule has 0 saturated heterocycles. The Hall–Kier alpha value is -5.15. The van der Waals surface area contributed by atoms with Crippen molar-refractivity contribution in [3.8, 4) is 0 Å². The Morgan fingerprint density at radius 3 is 2.05 bits per heavy atom. The molecule has 0 fully saturated rings. The van der Waals surface area contributed by atoms with Gasteiger partial charge in [0.15, 0.2) is 0 Å². The van der Waals surface area contributed by atoms with Crippen molar-refractivity contribution in [2.24, 2.45) is 0 Å². The first-order valence-electron chi connectivity index (χ1n) is 13.6. The molecule has 4 aromatic rings. The predicted molar refractivity (Wildman–Crippen MR) is 173 cm³/mol. The van der Waals surface area contributed by atoms with Gasteiger partial charge in [0, 0.05) is 34.4 Å². The van der Waals surface area contributed by atoms with E-state index in [9.17, 15) is 19.2 Å². The minimum Gasteiger partial charge on any atom is -0.326 e. The number of benzene rings is 4. The van der Waals surface area contributed by atoms with E-state index < -0.39 is 17.1 Å². The van der Waals surface area contributed by atoms with Crippen molar-refractivity contribution in [1.29, 1.82) is 0 Å². The average Bonchev–Trinajstić information content (AvgIpc) is 2.99. The zero-order valence-electron chi connectivity index (χ0n) is 24.0. The number of rotatable bonds is 10. The standard InChI is InChI=1S/C34H32N4O4S/c1-22-10-7-8-13-26(22)20-31(38-33(41)25-11-5-4-6-12-25)34(42)37-29-14-9-15-30(21-29)43-23(2)32(40)36-28-18-16-27(17-19-28)35-24(3)39/h4-21,23H,1-3H3,(H,35,39)(H,36,40)(H,37,42)(H,38,41)/b31-20-. The largest absolute Gasteiger partial charge is 0.326 e. The Kier molecular flexibility index (Phi) is 10.5. The first kappa shape index (κ1) is 30.8. The van der Waals surface area contributed by atoms with E-state index in [0.717, 1.165) is 16.0 Å². The molecule has 0 spiro atoms. The van der Waals surface area contributed by atoms with Crippen molar-refractivity contribution >= 4 is 58.5 Å². The highest BCUT2D eigenvalue weighted by Gasteiger charge is 2.18. The number of hydrogen-bond acceptors (Lipinski definition) is 5. The van der Waals surface area contributed by atoms with Crippen LogP contribution in [0.5, 0.6) is 0 Å². The van der Waals surface area contributed by atoms with Gasteiger partial charge in [-0.05, 0) is 85.6 Å². The molecular weight excluding hydrogens is 560 g/mol. The van der Waals surface area contributed by atoms with Crippen molar-refractivity contribution in [1.82, 2.24) is 5.32 Å². The molecule has 43 heavy (non-hydrogen) atoms. The quantitative estimate of drug-likeness (QED) is 0.124. The molecule has 4 aromatic carbocycles. The van der Waals surface area contributed by atoms with Gasteiger partial charge in [-0.25, -0.2) is 0 Å². The first-order valence-corrected chi connectivity index (χ1v) is 14.5. The maximum absolute atomic E-state index is 13.4. The highest BCUT2D eigenvalue weighted by Crippen LogP contribution is 2.27. The van der Waals surface area contributed by atoms with E-state index in [2.05, 4.69) is 21.3 Å². The lowest BCUT2D eigenvalue weighted by Crippen LogP contribution is -2.30. The van der Waals surface area contributed by atoms with Gasteiger partial charge in [-0.1, -0.05) is 48.5 Å². The number of amides is 4. The van der Waals surface area contributed by atoms with Gasteiger partial charge in [0.2, 0.25) is 11.8 Å². The topological polar surface area (TPSA) is 116 Å². The monoisotopic (exact) mass is 592 g/mol. The summed E-state index contributed by atoms with van der Waals surface area (Å²) in [7, 11) is 0. The third kappa shape index (κ3) is 9.17. The van der Waals surface area contributed by atoms with Crippen LogP contribution in [-0.2, 0) is 14.4 Å². The van der Waals surface area contributed by atoms with Crippen LogP contribution in [0.1, 0.15) is 35.3 Å². The van der Waals surface area contributed by atoms with E-state index in [1.165, 1.54) is 18.7 Å². The molecule has 0 aliphatic rings. The molecule has 9 heteroatoms. The Balaban J connectivity index is 1.44. The highest BCUT2D eigenvalue weighted by molar-refractivity contribution is 8.00. The molecule has 1 unspecified atom stereocenters. The third-order valence-corrected chi connectivity index (χ3v) is 7.36. The Bertz CT molecular complexity index is 1650. The molecule has 1 atom stereocenters. The van der Waals surface area contributed by atoms with Crippen molar-refractivity contribution in [3.63, 3.8) is 0 Å². The van der Waals surface area contributed by atoms with Crippen LogP contribution >= 0.6 is 11.8 Å². The minimum absolute atomic E-state index is 0.0958. The molecule has 218 valence electrons. The molecule has 4 rings (SSSR count). The third-order valence-electron chi connectivity index (χ3n) is 6.26. The molecule has 0 aliphatic heterocycles. The molecular formula is C34H32N4O4S. The summed E-state index contributed by atoms with van der Waals surface area (Å²) in [5, 5.41) is 10.8. The molecule has 4 N–H and O–H groups in total. The van der Waals surface area contributed by atoms with Crippen molar-refractivity contribution in [2.45, 2.75) is 30.9 Å². The number of carbonyl (C=O) groups is 4. The van der Waals surface area contributed by atoms with Crippen LogP contribution in [0, 0.1) is 6.92 Å². The highest BCUT2D eigenvalue weighted by atomic mass is 32.2. The SMILES string of the molecule is CC(=O)Nc1ccc(NC(=O)C(C)Sc2cccc(NC(=O)/C(=C/c3ccccc3C)NC(=O)c3ccccc3)c2)cc1. The summed E-state index contributed by atoms with van der Waals surface area (Å²) in [4.78, 5) is 51.2. The Morgan fingerprint density at radius 2 is 1.37 bits per heavy atom. The normalized spacial score (nSPS) is 11.7. The number of carbonyl (C=O) groups excluding carboxylic acids is 4.